The van der Waals surface area contributed by atoms with Gasteiger partial charge in [0.1, 0.15) is 0 Å². The van der Waals surface area contributed by atoms with Crippen LogP contribution in [-0.4, -0.2) is 35.3 Å². The average molecular weight is 178 g/mol. The Kier molecular flexibility index (Phi) is 2.45. The van der Waals surface area contributed by atoms with Crippen LogP contribution in [0.15, 0.2) is 18.3 Å². The number of Topliss-reactive ketones (excluding diaryl/α,β-unsaturated/α-hetero) is 1. The molecule has 0 radical (unpaired) electrons. The second-order valence-corrected chi connectivity index (χ2v) is 3.49. The first-order valence-electron chi connectivity index (χ1n) is 4.75. The average Bonchev–Trinajstić information content (AvgIpc) is 2.74. The molecule has 2 heterocycles. The molecule has 1 aliphatic rings. The zero-order chi connectivity index (χ0) is 9.10. The third kappa shape index (κ3) is 1.98. The number of carbonyl (C=O) groups is 1. The normalized spacial score (nSPS) is 17.8. The van der Waals surface area contributed by atoms with Gasteiger partial charge in [-0.3, -0.25) is 9.69 Å². The summed E-state index contributed by atoms with van der Waals surface area (Å²) in [6, 6.07) is 3.69. The van der Waals surface area contributed by atoms with Crippen LogP contribution in [0.1, 0.15) is 23.3 Å². The summed E-state index contributed by atoms with van der Waals surface area (Å²) >= 11 is 0. The summed E-state index contributed by atoms with van der Waals surface area (Å²) in [7, 11) is 0. The van der Waals surface area contributed by atoms with Crippen molar-refractivity contribution >= 4 is 5.78 Å². The quantitative estimate of drug-likeness (QED) is 0.708. The fraction of sp³-hybridized carbons (Fsp3) is 0.500. The lowest BCUT2D eigenvalue weighted by Crippen LogP contribution is -2.26. The summed E-state index contributed by atoms with van der Waals surface area (Å²) in [4.78, 5) is 16.7. The molecule has 0 aromatic carbocycles. The van der Waals surface area contributed by atoms with Gasteiger partial charge >= 0.3 is 0 Å². The van der Waals surface area contributed by atoms with Crippen LogP contribution in [0.4, 0.5) is 0 Å². The number of aromatic nitrogens is 1. The predicted molar refractivity (Wildman–Crippen MR) is 50.8 cm³/mol. The Morgan fingerprint density at radius 1 is 1.46 bits per heavy atom. The molecule has 3 heteroatoms. The van der Waals surface area contributed by atoms with E-state index in [0.717, 1.165) is 18.8 Å². The van der Waals surface area contributed by atoms with E-state index in [0.29, 0.717) is 6.54 Å². The van der Waals surface area contributed by atoms with Gasteiger partial charge < -0.3 is 4.98 Å². The summed E-state index contributed by atoms with van der Waals surface area (Å²) in [6.45, 7) is 2.72. The summed E-state index contributed by atoms with van der Waals surface area (Å²) in [6.07, 6.45) is 4.26. The SMILES string of the molecule is O=C(CN1CCCC1)c1ccc[nH]1. The van der Waals surface area contributed by atoms with Gasteiger partial charge in [0, 0.05) is 6.20 Å². The molecule has 0 saturated carbocycles. The van der Waals surface area contributed by atoms with Crippen molar-refractivity contribution in [3.8, 4) is 0 Å². The highest BCUT2D eigenvalue weighted by molar-refractivity contribution is 5.95. The van der Waals surface area contributed by atoms with Gasteiger partial charge in [-0.2, -0.15) is 0 Å². The fourth-order valence-electron chi connectivity index (χ4n) is 1.73. The van der Waals surface area contributed by atoms with Crippen LogP contribution in [0.2, 0.25) is 0 Å². The minimum absolute atomic E-state index is 0.201. The number of H-pyrrole nitrogens is 1. The minimum atomic E-state index is 0.201. The molecule has 0 unspecified atom stereocenters. The van der Waals surface area contributed by atoms with Crippen molar-refractivity contribution in [3.63, 3.8) is 0 Å². The van der Waals surface area contributed by atoms with Crippen LogP contribution in [0.5, 0.6) is 0 Å². The molecule has 1 fully saturated rings. The number of ketones is 1. The number of nitrogens with one attached hydrogen (secondary N) is 1. The van der Waals surface area contributed by atoms with Crippen molar-refractivity contribution in [2.24, 2.45) is 0 Å². The Balaban J connectivity index is 1.91. The molecule has 0 atom stereocenters. The number of likely N-dealkylation sites (tertiary alicyclic amines) is 1. The smallest absolute Gasteiger partial charge is 0.192 e. The number of hydrogen-bond donors (Lipinski definition) is 1. The minimum Gasteiger partial charge on any atom is -0.359 e. The van der Waals surface area contributed by atoms with E-state index in [9.17, 15) is 4.79 Å². The highest BCUT2D eigenvalue weighted by Gasteiger charge is 2.16. The molecular weight excluding hydrogens is 164 g/mol. The van der Waals surface area contributed by atoms with E-state index >= 15 is 0 Å². The molecule has 1 N–H and O–H groups in total. The van der Waals surface area contributed by atoms with E-state index in [2.05, 4.69) is 9.88 Å². The summed E-state index contributed by atoms with van der Waals surface area (Å²) in [5.41, 5.74) is 0.729. The van der Waals surface area contributed by atoms with E-state index in [1.54, 1.807) is 6.20 Å². The molecule has 0 aliphatic carbocycles. The van der Waals surface area contributed by atoms with Gasteiger partial charge in [-0.1, -0.05) is 0 Å². The van der Waals surface area contributed by atoms with Crippen molar-refractivity contribution in [2.75, 3.05) is 19.6 Å². The lowest BCUT2D eigenvalue weighted by Gasteiger charge is -2.11. The number of rotatable bonds is 3. The van der Waals surface area contributed by atoms with E-state index in [4.69, 9.17) is 0 Å². The molecule has 0 amide bonds. The van der Waals surface area contributed by atoms with E-state index < -0.39 is 0 Å². The fourth-order valence-corrected chi connectivity index (χ4v) is 1.73. The predicted octanol–water partition coefficient (Wildman–Crippen LogP) is 1.29. The van der Waals surface area contributed by atoms with E-state index in [1.165, 1.54) is 12.8 Å². The zero-order valence-electron chi connectivity index (χ0n) is 7.62. The zero-order valence-corrected chi connectivity index (χ0v) is 7.62. The van der Waals surface area contributed by atoms with Crippen molar-refractivity contribution in [3.05, 3.63) is 24.0 Å². The van der Waals surface area contributed by atoms with Gasteiger partial charge in [0.25, 0.3) is 0 Å². The highest BCUT2D eigenvalue weighted by Crippen LogP contribution is 2.08. The lowest BCUT2D eigenvalue weighted by molar-refractivity contribution is 0.0941. The van der Waals surface area contributed by atoms with Crippen molar-refractivity contribution in [1.29, 1.82) is 0 Å². The molecule has 1 saturated heterocycles. The third-order valence-electron chi connectivity index (χ3n) is 2.46. The Morgan fingerprint density at radius 3 is 2.85 bits per heavy atom. The van der Waals surface area contributed by atoms with Gasteiger partial charge in [-0.05, 0) is 38.1 Å². The van der Waals surface area contributed by atoms with Gasteiger partial charge in [0.05, 0.1) is 12.2 Å². The first-order chi connectivity index (χ1) is 6.36. The third-order valence-corrected chi connectivity index (χ3v) is 2.46. The maximum atomic E-state index is 11.6. The maximum absolute atomic E-state index is 11.6. The summed E-state index contributed by atoms with van der Waals surface area (Å²) < 4.78 is 0. The Labute approximate surface area is 77.7 Å². The molecule has 1 aliphatic heterocycles. The number of hydrogen-bond acceptors (Lipinski definition) is 2. The first kappa shape index (κ1) is 8.51. The van der Waals surface area contributed by atoms with Gasteiger partial charge in [0.2, 0.25) is 0 Å². The molecule has 1 aromatic heterocycles. The first-order valence-corrected chi connectivity index (χ1v) is 4.75. The Hall–Kier alpha value is -1.09. The molecule has 2 rings (SSSR count). The number of carbonyl (C=O) groups excluding carboxylic acids is 1. The standard InChI is InChI=1S/C10H14N2O/c13-10(9-4-3-5-11-9)8-12-6-1-2-7-12/h3-5,11H,1-2,6-8H2. The number of nitrogens with zero attached hydrogens (tertiary/aromatic N) is 1. The van der Waals surface area contributed by atoms with Crippen molar-refractivity contribution < 1.29 is 4.79 Å². The van der Waals surface area contributed by atoms with Crippen LogP contribution >= 0.6 is 0 Å². The molecule has 3 nitrogen and oxygen atoms in total. The summed E-state index contributed by atoms with van der Waals surface area (Å²) in [5.74, 6) is 0.201. The van der Waals surface area contributed by atoms with Gasteiger partial charge in [0.15, 0.2) is 5.78 Å². The monoisotopic (exact) mass is 178 g/mol. The summed E-state index contributed by atoms with van der Waals surface area (Å²) in [5, 5.41) is 0. The van der Waals surface area contributed by atoms with Crippen LogP contribution < -0.4 is 0 Å². The Morgan fingerprint density at radius 2 is 2.23 bits per heavy atom. The second-order valence-electron chi connectivity index (χ2n) is 3.49. The van der Waals surface area contributed by atoms with E-state index in [-0.39, 0.29) is 5.78 Å². The largest absolute Gasteiger partial charge is 0.359 e. The van der Waals surface area contributed by atoms with Crippen LogP contribution in [0, 0.1) is 0 Å². The van der Waals surface area contributed by atoms with Crippen molar-refractivity contribution in [1.82, 2.24) is 9.88 Å². The maximum Gasteiger partial charge on any atom is 0.192 e. The molecular formula is C10H14N2O. The van der Waals surface area contributed by atoms with Gasteiger partial charge in [-0.15, -0.1) is 0 Å². The van der Waals surface area contributed by atoms with Crippen molar-refractivity contribution in [2.45, 2.75) is 12.8 Å². The van der Waals surface area contributed by atoms with Crippen LogP contribution in [0.3, 0.4) is 0 Å². The number of aromatic amines is 1. The topological polar surface area (TPSA) is 36.1 Å². The lowest BCUT2D eigenvalue weighted by atomic mass is 10.3. The molecule has 1 aromatic rings. The Bertz CT molecular complexity index is 273. The van der Waals surface area contributed by atoms with Crippen LogP contribution in [-0.2, 0) is 0 Å². The van der Waals surface area contributed by atoms with Crippen LogP contribution in [0.25, 0.3) is 0 Å². The molecule has 70 valence electrons. The second kappa shape index (κ2) is 3.75. The molecule has 0 bridgehead atoms. The molecule has 13 heavy (non-hydrogen) atoms. The van der Waals surface area contributed by atoms with E-state index in [1.807, 2.05) is 12.1 Å². The highest BCUT2D eigenvalue weighted by atomic mass is 16.1. The molecule has 0 spiro atoms. The van der Waals surface area contributed by atoms with Gasteiger partial charge in [-0.25, -0.2) is 0 Å².